The second kappa shape index (κ2) is 9.79. The van der Waals surface area contributed by atoms with Gasteiger partial charge in [0.1, 0.15) is 5.25 Å². The summed E-state index contributed by atoms with van der Waals surface area (Å²) in [5.41, 5.74) is 2.29. The maximum absolute atomic E-state index is 13.1. The fourth-order valence-corrected chi connectivity index (χ4v) is 4.79. The lowest BCUT2D eigenvalue weighted by Gasteiger charge is -2.16. The molecule has 5 rings (SSSR count). The third kappa shape index (κ3) is 4.88. The second-order valence-electron chi connectivity index (χ2n) is 7.65. The maximum Gasteiger partial charge on any atom is 0.247 e. The van der Waals surface area contributed by atoms with Crippen LogP contribution in [0.1, 0.15) is 12.0 Å². The number of carbonyl (C=O) groups excluding carboxylic acids is 2. The van der Waals surface area contributed by atoms with E-state index in [-0.39, 0.29) is 25.0 Å². The summed E-state index contributed by atoms with van der Waals surface area (Å²) in [6.07, 6.45) is 0.0889. The van der Waals surface area contributed by atoms with E-state index in [4.69, 9.17) is 26.1 Å². The van der Waals surface area contributed by atoms with Crippen molar-refractivity contribution >= 4 is 51.7 Å². The number of amides is 2. The molecule has 1 N–H and O–H groups in total. The van der Waals surface area contributed by atoms with Gasteiger partial charge in [0.25, 0.3) is 0 Å². The minimum Gasteiger partial charge on any atom is -0.454 e. The number of hydrogen-bond donors (Lipinski definition) is 1. The first-order valence-corrected chi connectivity index (χ1v) is 11.9. The van der Waals surface area contributed by atoms with Gasteiger partial charge in [-0.1, -0.05) is 47.6 Å². The molecule has 3 aromatic carbocycles. The largest absolute Gasteiger partial charge is 0.454 e. The van der Waals surface area contributed by atoms with Crippen LogP contribution in [0.25, 0.3) is 0 Å². The second-order valence-corrected chi connectivity index (χ2v) is 9.28. The Labute approximate surface area is 205 Å². The SMILES string of the molecule is O=C1C[C@H](SC(=NCc2ccc3c(c2)OCO3)Nc2ccccc2)C(=O)N1c1ccc(Cl)cc1. The summed E-state index contributed by atoms with van der Waals surface area (Å²) < 4.78 is 10.8. The van der Waals surface area contributed by atoms with Crippen molar-refractivity contribution in [1.29, 1.82) is 0 Å². The zero-order valence-corrected chi connectivity index (χ0v) is 19.5. The summed E-state index contributed by atoms with van der Waals surface area (Å²) in [7, 11) is 0. The Morgan fingerprint density at radius 1 is 1.03 bits per heavy atom. The number of imide groups is 1. The monoisotopic (exact) mass is 493 g/mol. The highest BCUT2D eigenvalue weighted by Crippen LogP contribution is 2.34. The van der Waals surface area contributed by atoms with Gasteiger partial charge in [-0.05, 0) is 54.1 Å². The molecule has 172 valence electrons. The summed E-state index contributed by atoms with van der Waals surface area (Å²) in [5.74, 6) is 0.873. The minimum atomic E-state index is -0.588. The minimum absolute atomic E-state index is 0.0889. The molecule has 34 heavy (non-hydrogen) atoms. The summed E-state index contributed by atoms with van der Waals surface area (Å²) in [6, 6.07) is 21.9. The molecule has 0 aliphatic carbocycles. The fourth-order valence-electron chi connectivity index (χ4n) is 3.65. The van der Waals surface area contributed by atoms with Crippen LogP contribution in [0.4, 0.5) is 11.4 Å². The summed E-state index contributed by atoms with van der Waals surface area (Å²) in [6.45, 7) is 0.579. The van der Waals surface area contributed by atoms with Crippen molar-refractivity contribution in [1.82, 2.24) is 0 Å². The van der Waals surface area contributed by atoms with Gasteiger partial charge in [-0.15, -0.1) is 0 Å². The van der Waals surface area contributed by atoms with Crippen LogP contribution in [0.15, 0.2) is 77.8 Å². The number of fused-ring (bicyclic) bond motifs is 1. The van der Waals surface area contributed by atoms with E-state index in [9.17, 15) is 9.59 Å². The molecule has 2 aliphatic heterocycles. The van der Waals surface area contributed by atoms with E-state index in [1.54, 1.807) is 24.3 Å². The molecule has 0 radical (unpaired) electrons. The smallest absolute Gasteiger partial charge is 0.247 e. The third-order valence-electron chi connectivity index (χ3n) is 5.31. The number of halogens is 1. The van der Waals surface area contributed by atoms with Gasteiger partial charge in [-0.3, -0.25) is 14.6 Å². The van der Waals surface area contributed by atoms with Crippen LogP contribution in [0.5, 0.6) is 11.5 Å². The number of benzene rings is 3. The first-order valence-electron chi connectivity index (χ1n) is 10.6. The Bertz CT molecular complexity index is 1250. The Balaban J connectivity index is 1.36. The van der Waals surface area contributed by atoms with E-state index in [2.05, 4.69) is 5.32 Å². The molecule has 1 atom stereocenters. The number of rotatable bonds is 5. The van der Waals surface area contributed by atoms with E-state index < -0.39 is 5.25 Å². The van der Waals surface area contributed by atoms with Crippen LogP contribution in [0.3, 0.4) is 0 Å². The van der Waals surface area contributed by atoms with E-state index in [1.807, 2.05) is 48.5 Å². The van der Waals surface area contributed by atoms with Crippen LogP contribution in [0.2, 0.25) is 5.02 Å². The Kier molecular flexibility index (Phi) is 6.42. The lowest BCUT2D eigenvalue weighted by atomic mass is 10.2. The van der Waals surface area contributed by atoms with Gasteiger partial charge in [0.05, 0.1) is 12.2 Å². The fraction of sp³-hybridized carbons (Fsp3) is 0.160. The summed E-state index contributed by atoms with van der Waals surface area (Å²) in [5, 5.41) is 3.78. The van der Waals surface area contributed by atoms with Crippen molar-refractivity contribution < 1.29 is 19.1 Å². The van der Waals surface area contributed by atoms with Crippen LogP contribution in [-0.2, 0) is 16.1 Å². The highest BCUT2D eigenvalue weighted by atomic mass is 35.5. The van der Waals surface area contributed by atoms with Crippen molar-refractivity contribution in [2.24, 2.45) is 4.99 Å². The van der Waals surface area contributed by atoms with Crippen LogP contribution < -0.4 is 19.7 Å². The number of nitrogens with one attached hydrogen (secondary N) is 1. The average molecular weight is 494 g/mol. The van der Waals surface area contributed by atoms with Gasteiger partial charge in [0, 0.05) is 17.1 Å². The predicted octanol–water partition coefficient (Wildman–Crippen LogP) is 5.10. The molecule has 0 bridgehead atoms. The Morgan fingerprint density at radius 2 is 1.79 bits per heavy atom. The van der Waals surface area contributed by atoms with Gasteiger partial charge >= 0.3 is 0 Å². The van der Waals surface area contributed by atoms with Crippen LogP contribution in [-0.4, -0.2) is 29.0 Å². The standard InChI is InChI=1S/C25H20ClN3O4S/c26-17-7-9-19(10-8-17)29-23(30)13-22(24(29)31)34-25(28-18-4-2-1-3-5-18)27-14-16-6-11-20-21(12-16)33-15-32-20/h1-12,22H,13-15H2,(H,27,28)/t22-/m0/s1. The lowest BCUT2D eigenvalue weighted by Crippen LogP contribution is -2.31. The zero-order chi connectivity index (χ0) is 23.5. The molecule has 2 amide bonds. The predicted molar refractivity (Wildman–Crippen MR) is 134 cm³/mol. The summed E-state index contributed by atoms with van der Waals surface area (Å²) >= 11 is 7.20. The Morgan fingerprint density at radius 3 is 2.59 bits per heavy atom. The number of amidine groups is 1. The van der Waals surface area contributed by atoms with Crippen molar-refractivity contribution in [3.63, 3.8) is 0 Å². The molecule has 3 aromatic rings. The normalized spacial score (nSPS) is 17.4. The van der Waals surface area contributed by atoms with Gasteiger partial charge < -0.3 is 14.8 Å². The molecule has 0 spiro atoms. The molecule has 2 heterocycles. The molecule has 2 aliphatic rings. The highest BCUT2D eigenvalue weighted by molar-refractivity contribution is 8.15. The molecule has 0 saturated carbocycles. The molecular weight excluding hydrogens is 474 g/mol. The van der Waals surface area contributed by atoms with E-state index in [0.717, 1.165) is 11.3 Å². The zero-order valence-electron chi connectivity index (χ0n) is 17.9. The van der Waals surface area contributed by atoms with Crippen molar-refractivity contribution in [3.05, 3.63) is 83.4 Å². The first kappa shape index (κ1) is 22.3. The van der Waals surface area contributed by atoms with E-state index in [1.165, 1.54) is 16.7 Å². The highest BCUT2D eigenvalue weighted by Gasteiger charge is 2.40. The number of aliphatic imine (C=N–C) groups is 1. The maximum atomic E-state index is 13.1. The molecule has 7 nitrogen and oxygen atoms in total. The molecule has 0 aromatic heterocycles. The Hall–Kier alpha value is -3.49. The van der Waals surface area contributed by atoms with Gasteiger partial charge in [-0.2, -0.15) is 0 Å². The number of nitrogens with zero attached hydrogens (tertiary/aromatic N) is 2. The molecule has 1 fully saturated rings. The first-order chi connectivity index (χ1) is 16.6. The van der Waals surface area contributed by atoms with Crippen LogP contribution in [0, 0.1) is 0 Å². The van der Waals surface area contributed by atoms with Gasteiger partial charge in [0.15, 0.2) is 16.7 Å². The molecule has 9 heteroatoms. The number of ether oxygens (including phenoxy) is 2. The third-order valence-corrected chi connectivity index (χ3v) is 6.67. The number of para-hydroxylation sites is 1. The lowest BCUT2D eigenvalue weighted by molar-refractivity contribution is -0.121. The van der Waals surface area contributed by atoms with Gasteiger partial charge in [-0.25, -0.2) is 4.90 Å². The summed E-state index contributed by atoms with van der Waals surface area (Å²) in [4.78, 5) is 31.7. The topological polar surface area (TPSA) is 80.2 Å². The number of hydrogen-bond acceptors (Lipinski definition) is 6. The van der Waals surface area contributed by atoms with Crippen molar-refractivity contribution in [2.45, 2.75) is 18.2 Å². The molecular formula is C25H20ClN3O4S. The number of thioether (sulfide) groups is 1. The molecule has 0 unspecified atom stereocenters. The molecule has 1 saturated heterocycles. The quantitative estimate of drug-likeness (QED) is 0.302. The average Bonchev–Trinajstić information content (AvgIpc) is 3.42. The number of anilines is 2. The van der Waals surface area contributed by atoms with E-state index in [0.29, 0.717) is 33.9 Å². The number of carbonyl (C=O) groups is 2. The van der Waals surface area contributed by atoms with Crippen molar-refractivity contribution in [2.75, 3.05) is 17.0 Å². The van der Waals surface area contributed by atoms with Crippen molar-refractivity contribution in [3.8, 4) is 11.5 Å². The van der Waals surface area contributed by atoms with E-state index >= 15 is 0 Å². The van der Waals surface area contributed by atoms with Gasteiger partial charge in [0.2, 0.25) is 18.6 Å². The van der Waals surface area contributed by atoms with Crippen LogP contribution >= 0.6 is 23.4 Å².